The lowest BCUT2D eigenvalue weighted by atomic mass is 10.1. The minimum absolute atomic E-state index is 0.0218. The van der Waals surface area contributed by atoms with E-state index in [1.54, 1.807) is 9.80 Å². The van der Waals surface area contributed by atoms with Crippen LogP contribution in [-0.2, 0) is 9.59 Å². The fourth-order valence-electron chi connectivity index (χ4n) is 4.24. The van der Waals surface area contributed by atoms with Crippen LogP contribution < -0.4 is 9.80 Å². The smallest absolute Gasteiger partial charge is 0.234 e. The Bertz CT molecular complexity index is 1110. The van der Waals surface area contributed by atoms with Gasteiger partial charge in [-0.05, 0) is 43.8 Å². The molecule has 2 heterocycles. The molecule has 2 aromatic carbocycles. The zero-order valence-electron chi connectivity index (χ0n) is 19.3. The van der Waals surface area contributed by atoms with E-state index in [0.717, 1.165) is 41.1 Å². The number of rotatable bonds is 8. The van der Waals surface area contributed by atoms with Crippen LogP contribution >= 0.6 is 22.9 Å². The van der Waals surface area contributed by atoms with Crippen molar-refractivity contribution in [3.05, 3.63) is 53.1 Å². The van der Waals surface area contributed by atoms with E-state index in [4.69, 9.17) is 16.6 Å². The van der Waals surface area contributed by atoms with Crippen LogP contribution in [0.5, 0.6) is 0 Å². The maximum absolute atomic E-state index is 13.8. The number of halogens is 1. The summed E-state index contributed by atoms with van der Waals surface area (Å²) in [6, 6.07) is 13.4. The molecule has 1 unspecified atom stereocenters. The van der Waals surface area contributed by atoms with Gasteiger partial charge in [-0.3, -0.25) is 14.5 Å². The number of amides is 2. The number of carbonyl (C=O) groups is 2. The van der Waals surface area contributed by atoms with Gasteiger partial charge in [0.1, 0.15) is 0 Å². The van der Waals surface area contributed by atoms with Crippen LogP contribution in [0.15, 0.2) is 42.5 Å². The first-order valence-corrected chi connectivity index (χ1v) is 12.6. The molecule has 0 aliphatic carbocycles. The minimum atomic E-state index is -0.405. The Hall–Kier alpha value is -2.48. The third-order valence-electron chi connectivity index (χ3n) is 6.26. The van der Waals surface area contributed by atoms with Crippen LogP contribution in [0, 0.1) is 12.8 Å². The number of aryl methyl sites for hydroxylation is 1. The normalized spacial score (nSPS) is 16.2. The molecular formula is C25H29ClN4O2S. The summed E-state index contributed by atoms with van der Waals surface area (Å²) in [6.45, 7) is 9.69. The van der Waals surface area contributed by atoms with E-state index in [2.05, 4.69) is 18.7 Å². The number of para-hydroxylation sites is 1. The summed E-state index contributed by atoms with van der Waals surface area (Å²) in [5.41, 5.74) is 2.69. The Morgan fingerprint density at radius 3 is 2.55 bits per heavy atom. The summed E-state index contributed by atoms with van der Waals surface area (Å²) in [6.07, 6.45) is 0.209. The van der Waals surface area contributed by atoms with Crippen LogP contribution in [0.2, 0.25) is 5.02 Å². The van der Waals surface area contributed by atoms with Crippen LogP contribution in [0.3, 0.4) is 0 Å². The van der Waals surface area contributed by atoms with Crippen molar-refractivity contribution in [1.29, 1.82) is 0 Å². The number of nitrogens with zero attached hydrogens (tertiary/aromatic N) is 4. The van der Waals surface area contributed by atoms with E-state index < -0.39 is 5.92 Å². The van der Waals surface area contributed by atoms with Crippen molar-refractivity contribution in [3.63, 3.8) is 0 Å². The molecule has 174 valence electrons. The summed E-state index contributed by atoms with van der Waals surface area (Å²) in [4.78, 5) is 37.1. The zero-order valence-corrected chi connectivity index (χ0v) is 20.8. The number of thiazole rings is 1. The maximum atomic E-state index is 13.8. The van der Waals surface area contributed by atoms with Crippen molar-refractivity contribution >= 4 is 55.8 Å². The number of benzene rings is 2. The Labute approximate surface area is 203 Å². The van der Waals surface area contributed by atoms with Gasteiger partial charge in [0, 0.05) is 31.7 Å². The van der Waals surface area contributed by atoms with Crippen molar-refractivity contribution in [2.45, 2.75) is 27.2 Å². The second kappa shape index (κ2) is 10.2. The lowest BCUT2D eigenvalue weighted by Crippen LogP contribution is -2.42. The summed E-state index contributed by atoms with van der Waals surface area (Å²) in [5.74, 6) is -0.480. The molecule has 1 aliphatic rings. The van der Waals surface area contributed by atoms with E-state index in [0.29, 0.717) is 23.2 Å². The Kier molecular flexibility index (Phi) is 7.32. The highest BCUT2D eigenvalue weighted by Gasteiger charge is 2.38. The van der Waals surface area contributed by atoms with Crippen molar-refractivity contribution in [2.24, 2.45) is 5.92 Å². The van der Waals surface area contributed by atoms with Crippen molar-refractivity contribution in [3.8, 4) is 0 Å². The molecule has 0 saturated carbocycles. The highest BCUT2D eigenvalue weighted by molar-refractivity contribution is 7.23. The Morgan fingerprint density at radius 1 is 1.15 bits per heavy atom. The second-order valence-electron chi connectivity index (χ2n) is 8.30. The van der Waals surface area contributed by atoms with Gasteiger partial charge in [-0.15, -0.1) is 0 Å². The van der Waals surface area contributed by atoms with Crippen LogP contribution in [0.4, 0.5) is 10.8 Å². The van der Waals surface area contributed by atoms with Crippen LogP contribution in [0.25, 0.3) is 10.2 Å². The van der Waals surface area contributed by atoms with Gasteiger partial charge in [0.15, 0.2) is 5.13 Å². The van der Waals surface area contributed by atoms with E-state index in [-0.39, 0.29) is 18.2 Å². The largest absolute Gasteiger partial charge is 0.312 e. The molecule has 1 aromatic heterocycles. The van der Waals surface area contributed by atoms with Gasteiger partial charge in [-0.25, -0.2) is 4.98 Å². The summed E-state index contributed by atoms with van der Waals surface area (Å²) in [5, 5.41) is 1.28. The zero-order chi connectivity index (χ0) is 23.5. The molecule has 1 fully saturated rings. The predicted molar refractivity (Wildman–Crippen MR) is 136 cm³/mol. The molecule has 8 heteroatoms. The van der Waals surface area contributed by atoms with E-state index in [1.165, 1.54) is 11.3 Å². The molecule has 1 saturated heterocycles. The molecule has 6 nitrogen and oxygen atoms in total. The van der Waals surface area contributed by atoms with Gasteiger partial charge < -0.3 is 9.80 Å². The number of anilines is 2. The molecule has 0 N–H and O–H groups in total. The molecular weight excluding hydrogens is 456 g/mol. The van der Waals surface area contributed by atoms with E-state index >= 15 is 0 Å². The first kappa shape index (κ1) is 23.7. The molecule has 4 rings (SSSR count). The van der Waals surface area contributed by atoms with Gasteiger partial charge in [0.05, 0.1) is 21.2 Å². The topological polar surface area (TPSA) is 56.8 Å². The maximum Gasteiger partial charge on any atom is 0.234 e. The van der Waals surface area contributed by atoms with Crippen molar-refractivity contribution in [1.82, 2.24) is 9.88 Å². The van der Waals surface area contributed by atoms with Gasteiger partial charge in [-0.1, -0.05) is 61.1 Å². The number of hydrogen-bond acceptors (Lipinski definition) is 5. The monoisotopic (exact) mass is 484 g/mol. The third kappa shape index (κ3) is 4.90. The summed E-state index contributed by atoms with van der Waals surface area (Å²) in [7, 11) is 0. The third-order valence-corrected chi connectivity index (χ3v) is 7.80. The molecule has 0 radical (unpaired) electrons. The average molecular weight is 485 g/mol. The van der Waals surface area contributed by atoms with Gasteiger partial charge in [0.25, 0.3) is 0 Å². The molecule has 1 aliphatic heterocycles. The fourth-order valence-corrected chi connectivity index (χ4v) is 5.59. The highest BCUT2D eigenvalue weighted by Crippen LogP contribution is 2.37. The van der Waals surface area contributed by atoms with Crippen molar-refractivity contribution < 1.29 is 9.59 Å². The first-order chi connectivity index (χ1) is 15.9. The molecule has 0 spiro atoms. The lowest BCUT2D eigenvalue weighted by molar-refractivity contribution is -0.124. The number of aromatic nitrogens is 1. The predicted octanol–water partition coefficient (Wildman–Crippen LogP) is 4.99. The summed E-state index contributed by atoms with van der Waals surface area (Å²) >= 11 is 7.88. The Morgan fingerprint density at radius 2 is 1.88 bits per heavy atom. The minimum Gasteiger partial charge on any atom is -0.312 e. The first-order valence-electron chi connectivity index (χ1n) is 11.4. The molecule has 1 atom stereocenters. The Balaban J connectivity index is 1.63. The number of fused-ring (bicyclic) bond motifs is 1. The standard InChI is InChI=1S/C25H29ClN4O2S/c1-4-28(5-2)13-14-29(25-27-22-17(3)11-12-20(26)23(22)33-25)24(32)18-15-21(31)30(16-18)19-9-7-6-8-10-19/h6-12,18H,4-5,13-16H2,1-3H3. The van der Waals surface area contributed by atoms with Crippen molar-refractivity contribution in [2.75, 3.05) is 42.5 Å². The molecule has 3 aromatic rings. The summed E-state index contributed by atoms with van der Waals surface area (Å²) < 4.78 is 0.890. The number of hydrogen-bond donors (Lipinski definition) is 0. The van der Waals surface area contributed by atoms with Gasteiger partial charge >= 0.3 is 0 Å². The van der Waals surface area contributed by atoms with Crippen LogP contribution in [0.1, 0.15) is 25.8 Å². The number of likely N-dealkylation sites (N-methyl/N-ethyl adjacent to an activating group) is 1. The van der Waals surface area contributed by atoms with Crippen LogP contribution in [-0.4, -0.2) is 54.4 Å². The molecule has 0 bridgehead atoms. The van der Waals surface area contributed by atoms with Gasteiger partial charge in [-0.2, -0.15) is 0 Å². The second-order valence-corrected chi connectivity index (χ2v) is 9.68. The lowest BCUT2D eigenvalue weighted by Gasteiger charge is -2.26. The quantitative estimate of drug-likeness (QED) is 0.452. The molecule has 33 heavy (non-hydrogen) atoms. The SMILES string of the molecule is CCN(CC)CCN(C(=O)C1CC(=O)N(c2ccccc2)C1)c1nc2c(C)ccc(Cl)c2s1. The number of carbonyl (C=O) groups excluding carboxylic acids is 2. The highest BCUT2D eigenvalue weighted by atomic mass is 35.5. The van der Waals surface area contributed by atoms with E-state index in [9.17, 15) is 9.59 Å². The van der Waals surface area contributed by atoms with E-state index in [1.807, 2.05) is 49.4 Å². The molecule has 2 amide bonds. The average Bonchev–Trinajstić information content (AvgIpc) is 3.45. The fraction of sp³-hybridized carbons (Fsp3) is 0.400. The van der Waals surface area contributed by atoms with Gasteiger partial charge in [0.2, 0.25) is 11.8 Å².